The molecular weight excluding hydrogens is 236 g/mol. The van der Waals surface area contributed by atoms with E-state index in [0.29, 0.717) is 11.8 Å². The quantitative estimate of drug-likeness (QED) is 0.817. The molecule has 0 aliphatic heterocycles. The summed E-state index contributed by atoms with van der Waals surface area (Å²) in [5, 5.41) is 19.6. The first-order valence-corrected chi connectivity index (χ1v) is 5.68. The summed E-state index contributed by atoms with van der Waals surface area (Å²) in [4.78, 5) is 11.7. The molecule has 1 unspecified atom stereocenters. The zero-order valence-corrected chi connectivity index (χ0v) is 10.1. The van der Waals surface area contributed by atoms with Gasteiger partial charge in [-0.3, -0.25) is 0 Å². The second-order valence-electron chi connectivity index (χ2n) is 4.08. The van der Waals surface area contributed by atoms with Gasteiger partial charge in [0.2, 0.25) is 5.75 Å². The maximum Gasteiger partial charge on any atom is 0.383 e. The summed E-state index contributed by atoms with van der Waals surface area (Å²) in [7, 11) is 0. The first kappa shape index (κ1) is 12.3. The van der Waals surface area contributed by atoms with Crippen molar-refractivity contribution in [2.75, 3.05) is 0 Å². The molecule has 0 amide bonds. The van der Waals surface area contributed by atoms with Crippen molar-refractivity contribution in [1.29, 1.82) is 0 Å². The van der Waals surface area contributed by atoms with Gasteiger partial charge in [-0.05, 0) is 25.5 Å². The van der Waals surface area contributed by atoms with Crippen molar-refractivity contribution in [1.82, 2.24) is 0 Å². The Hall–Kier alpha value is -2.17. The third kappa shape index (κ3) is 2.11. The molecule has 5 heteroatoms. The molecule has 5 nitrogen and oxygen atoms in total. The minimum atomic E-state index is -0.758. The fourth-order valence-electron chi connectivity index (χ4n) is 1.54. The maximum absolute atomic E-state index is 11.7. The number of fused-ring (bicyclic) bond motifs is 1. The molecule has 2 rings (SSSR count). The molecule has 0 spiro atoms. The van der Waals surface area contributed by atoms with E-state index in [1.807, 2.05) is 6.92 Å². The first-order chi connectivity index (χ1) is 8.52. The number of aromatic hydroxyl groups is 2. The molecule has 0 aliphatic rings. The van der Waals surface area contributed by atoms with Gasteiger partial charge >= 0.3 is 5.63 Å². The molecule has 0 bridgehead atoms. The van der Waals surface area contributed by atoms with Gasteiger partial charge in [0.1, 0.15) is 11.3 Å². The summed E-state index contributed by atoms with van der Waals surface area (Å²) < 4.78 is 10.3. The van der Waals surface area contributed by atoms with E-state index in [1.54, 1.807) is 6.92 Å². The second kappa shape index (κ2) is 4.60. The number of benzene rings is 1. The van der Waals surface area contributed by atoms with Crippen molar-refractivity contribution in [3.05, 3.63) is 28.6 Å². The Morgan fingerprint density at radius 1 is 1.39 bits per heavy atom. The maximum atomic E-state index is 11.7. The van der Waals surface area contributed by atoms with Crippen molar-refractivity contribution >= 4 is 11.0 Å². The van der Waals surface area contributed by atoms with Crippen LogP contribution < -0.4 is 10.4 Å². The number of hydrogen-bond acceptors (Lipinski definition) is 5. The van der Waals surface area contributed by atoms with E-state index in [0.717, 1.165) is 0 Å². The van der Waals surface area contributed by atoms with Gasteiger partial charge in [-0.25, -0.2) is 4.79 Å². The summed E-state index contributed by atoms with van der Waals surface area (Å²) in [6, 6.07) is 4.13. The summed E-state index contributed by atoms with van der Waals surface area (Å²) in [5.74, 6) is -0.496. The Kier molecular flexibility index (Phi) is 3.14. The monoisotopic (exact) mass is 250 g/mol. The SMILES string of the molecule is CCC(C)Oc1c(O)c2ccc(O)cc2oc1=O. The van der Waals surface area contributed by atoms with Crippen LogP contribution >= 0.6 is 0 Å². The Balaban J connectivity index is 2.62. The predicted molar refractivity (Wildman–Crippen MR) is 66.2 cm³/mol. The molecular formula is C13H14O5. The van der Waals surface area contributed by atoms with E-state index >= 15 is 0 Å². The molecule has 1 aromatic heterocycles. The molecule has 0 saturated heterocycles. The van der Waals surface area contributed by atoms with Gasteiger partial charge in [-0.1, -0.05) is 6.92 Å². The lowest BCUT2D eigenvalue weighted by Gasteiger charge is -2.13. The number of ether oxygens (including phenoxy) is 1. The van der Waals surface area contributed by atoms with Crippen LogP contribution in [-0.2, 0) is 0 Å². The molecule has 0 fully saturated rings. The Morgan fingerprint density at radius 2 is 2.11 bits per heavy atom. The van der Waals surface area contributed by atoms with Crippen molar-refractivity contribution in [2.24, 2.45) is 0 Å². The van der Waals surface area contributed by atoms with Gasteiger partial charge in [0.05, 0.1) is 11.5 Å². The molecule has 2 N–H and O–H groups in total. The minimum Gasteiger partial charge on any atom is -0.508 e. The van der Waals surface area contributed by atoms with Crippen LogP contribution in [0.1, 0.15) is 20.3 Å². The zero-order chi connectivity index (χ0) is 13.3. The van der Waals surface area contributed by atoms with Gasteiger partial charge in [0.15, 0.2) is 5.75 Å². The first-order valence-electron chi connectivity index (χ1n) is 5.68. The third-order valence-corrected chi connectivity index (χ3v) is 2.72. The predicted octanol–water partition coefficient (Wildman–Crippen LogP) is 2.38. The van der Waals surface area contributed by atoms with Crippen LogP contribution in [0.15, 0.2) is 27.4 Å². The summed E-state index contributed by atoms with van der Waals surface area (Å²) in [5.41, 5.74) is -0.639. The largest absolute Gasteiger partial charge is 0.508 e. The van der Waals surface area contributed by atoms with Crippen LogP contribution in [-0.4, -0.2) is 16.3 Å². The van der Waals surface area contributed by atoms with Crippen LogP contribution in [0.4, 0.5) is 0 Å². The molecule has 2 aromatic rings. The highest BCUT2D eigenvalue weighted by Crippen LogP contribution is 2.33. The summed E-state index contributed by atoms with van der Waals surface area (Å²) >= 11 is 0. The van der Waals surface area contributed by atoms with Gasteiger partial charge in [-0.2, -0.15) is 0 Å². The highest BCUT2D eigenvalue weighted by atomic mass is 16.5. The smallest absolute Gasteiger partial charge is 0.383 e. The van der Waals surface area contributed by atoms with E-state index in [9.17, 15) is 15.0 Å². The van der Waals surface area contributed by atoms with Crippen LogP contribution in [0.5, 0.6) is 17.2 Å². The standard InChI is InChI=1S/C13H14O5/c1-3-7(2)17-12-11(15)9-5-4-8(14)6-10(9)18-13(12)16/h4-7,14-15H,3H2,1-2H3. The topological polar surface area (TPSA) is 79.9 Å². The molecule has 0 radical (unpaired) electrons. The van der Waals surface area contributed by atoms with E-state index < -0.39 is 5.63 Å². The lowest BCUT2D eigenvalue weighted by Crippen LogP contribution is -2.15. The van der Waals surface area contributed by atoms with Crippen molar-refractivity contribution in [3.63, 3.8) is 0 Å². The van der Waals surface area contributed by atoms with E-state index in [4.69, 9.17) is 9.15 Å². The number of rotatable bonds is 3. The van der Waals surface area contributed by atoms with E-state index in [1.165, 1.54) is 18.2 Å². The zero-order valence-electron chi connectivity index (χ0n) is 10.1. The van der Waals surface area contributed by atoms with Crippen molar-refractivity contribution in [2.45, 2.75) is 26.4 Å². The van der Waals surface area contributed by atoms with Crippen LogP contribution in [0, 0.1) is 0 Å². The van der Waals surface area contributed by atoms with E-state index in [2.05, 4.69) is 0 Å². The Labute approximate surface area is 103 Å². The third-order valence-electron chi connectivity index (χ3n) is 2.72. The van der Waals surface area contributed by atoms with Crippen LogP contribution in [0.25, 0.3) is 11.0 Å². The summed E-state index contributed by atoms with van der Waals surface area (Å²) in [6.07, 6.45) is 0.500. The van der Waals surface area contributed by atoms with Gasteiger partial charge in [-0.15, -0.1) is 0 Å². The average Bonchev–Trinajstić information content (AvgIpc) is 2.33. The number of phenolic OH excluding ortho intramolecular Hbond substituents is 1. The van der Waals surface area contributed by atoms with Gasteiger partial charge in [0, 0.05) is 6.07 Å². The normalized spacial score (nSPS) is 12.6. The molecule has 1 atom stereocenters. The van der Waals surface area contributed by atoms with Crippen molar-refractivity contribution < 1.29 is 19.4 Å². The Morgan fingerprint density at radius 3 is 2.78 bits per heavy atom. The molecule has 96 valence electrons. The van der Waals surface area contributed by atoms with E-state index in [-0.39, 0.29) is 28.9 Å². The highest BCUT2D eigenvalue weighted by molar-refractivity contribution is 5.86. The number of hydrogen-bond donors (Lipinski definition) is 2. The van der Waals surface area contributed by atoms with Crippen LogP contribution in [0.3, 0.4) is 0 Å². The van der Waals surface area contributed by atoms with Gasteiger partial charge < -0.3 is 19.4 Å². The fourth-order valence-corrected chi connectivity index (χ4v) is 1.54. The average molecular weight is 250 g/mol. The molecule has 1 heterocycles. The van der Waals surface area contributed by atoms with Crippen molar-refractivity contribution in [3.8, 4) is 17.2 Å². The molecule has 0 aliphatic carbocycles. The molecule has 1 aromatic carbocycles. The number of phenols is 1. The molecule has 18 heavy (non-hydrogen) atoms. The highest BCUT2D eigenvalue weighted by Gasteiger charge is 2.17. The summed E-state index contributed by atoms with van der Waals surface area (Å²) in [6.45, 7) is 3.70. The lowest BCUT2D eigenvalue weighted by molar-refractivity contribution is 0.200. The molecule has 0 saturated carbocycles. The van der Waals surface area contributed by atoms with Crippen LogP contribution in [0.2, 0.25) is 0 Å². The Bertz CT molecular complexity index is 629. The second-order valence-corrected chi connectivity index (χ2v) is 4.08. The lowest BCUT2D eigenvalue weighted by atomic mass is 10.2. The van der Waals surface area contributed by atoms with Gasteiger partial charge in [0.25, 0.3) is 0 Å². The fraction of sp³-hybridized carbons (Fsp3) is 0.308. The minimum absolute atomic E-state index is 0.0411.